The van der Waals surface area contributed by atoms with Gasteiger partial charge in [0.05, 0.1) is 6.04 Å². The Balaban J connectivity index is 2.20. The van der Waals surface area contributed by atoms with E-state index in [-0.39, 0.29) is 6.04 Å². The zero-order valence-electron chi connectivity index (χ0n) is 12.4. The van der Waals surface area contributed by atoms with E-state index in [9.17, 15) is 0 Å². The number of nitrogens with two attached hydrogens (primary N) is 1. The van der Waals surface area contributed by atoms with Gasteiger partial charge in [-0.1, -0.05) is 25.9 Å². The van der Waals surface area contributed by atoms with Crippen LogP contribution in [-0.2, 0) is 10.3 Å². The molecule has 1 atom stereocenters. The lowest BCUT2D eigenvalue weighted by Gasteiger charge is -2.40. The summed E-state index contributed by atoms with van der Waals surface area (Å²) in [5.41, 5.74) is 5.90. The first-order valence-electron chi connectivity index (χ1n) is 7.07. The molecule has 0 radical (unpaired) electrons. The molecule has 1 heterocycles. The third kappa shape index (κ3) is 2.82. The van der Waals surface area contributed by atoms with Crippen LogP contribution in [0.25, 0.3) is 0 Å². The van der Waals surface area contributed by atoms with Crippen LogP contribution in [0.3, 0.4) is 0 Å². The van der Waals surface area contributed by atoms with Gasteiger partial charge in [-0.25, -0.2) is 0 Å². The predicted molar refractivity (Wildman–Crippen MR) is 72.5 cm³/mol. The van der Waals surface area contributed by atoms with Crippen LogP contribution in [0.2, 0.25) is 0 Å². The van der Waals surface area contributed by atoms with Gasteiger partial charge in [0.2, 0.25) is 11.7 Å². The third-order valence-corrected chi connectivity index (χ3v) is 4.41. The van der Waals surface area contributed by atoms with Gasteiger partial charge in [-0.05, 0) is 37.5 Å². The zero-order chi connectivity index (χ0) is 14.1. The molecule has 2 rings (SSSR count). The normalized spacial score (nSPS) is 23.2. The standard InChI is InChI=1S/C14H25N3O2/c1-5-10(15)11-16-12(17-19-11)14(18-4)8-6-13(2,3)7-9-14/h10H,5-9,15H2,1-4H3/t10-/m1/s1. The number of hydrogen-bond donors (Lipinski definition) is 1. The first kappa shape index (κ1) is 14.5. The van der Waals surface area contributed by atoms with Crippen molar-refractivity contribution >= 4 is 0 Å². The number of methoxy groups -OCH3 is 1. The molecule has 5 heteroatoms. The Kier molecular flexibility index (Phi) is 3.97. The highest BCUT2D eigenvalue weighted by atomic mass is 16.5. The van der Waals surface area contributed by atoms with E-state index in [2.05, 4.69) is 24.0 Å². The SMILES string of the molecule is CC[C@@H](N)c1nc(C2(OC)CCC(C)(C)CC2)no1. The summed E-state index contributed by atoms with van der Waals surface area (Å²) in [5, 5.41) is 4.11. The molecule has 0 bridgehead atoms. The Bertz CT molecular complexity index is 418. The maximum absolute atomic E-state index is 5.93. The second kappa shape index (κ2) is 5.21. The topological polar surface area (TPSA) is 74.2 Å². The summed E-state index contributed by atoms with van der Waals surface area (Å²) in [6, 6.07) is -0.185. The summed E-state index contributed by atoms with van der Waals surface area (Å²) in [4.78, 5) is 4.47. The Labute approximate surface area is 114 Å². The monoisotopic (exact) mass is 267 g/mol. The van der Waals surface area contributed by atoms with Crippen molar-refractivity contribution in [3.05, 3.63) is 11.7 Å². The molecule has 0 saturated heterocycles. The van der Waals surface area contributed by atoms with E-state index in [1.807, 2.05) is 6.92 Å². The molecule has 2 N–H and O–H groups in total. The molecule has 1 aliphatic carbocycles. The average molecular weight is 267 g/mol. The van der Waals surface area contributed by atoms with E-state index in [4.69, 9.17) is 15.0 Å². The van der Waals surface area contributed by atoms with Crippen LogP contribution in [0.4, 0.5) is 0 Å². The van der Waals surface area contributed by atoms with Crippen molar-refractivity contribution in [2.24, 2.45) is 11.1 Å². The molecule has 108 valence electrons. The minimum atomic E-state index is -0.398. The van der Waals surface area contributed by atoms with Gasteiger partial charge in [-0.2, -0.15) is 4.98 Å². The Morgan fingerprint density at radius 2 is 1.95 bits per heavy atom. The van der Waals surface area contributed by atoms with Crippen molar-refractivity contribution in [2.45, 2.75) is 64.5 Å². The van der Waals surface area contributed by atoms with Crippen molar-refractivity contribution in [2.75, 3.05) is 7.11 Å². The summed E-state index contributed by atoms with van der Waals surface area (Å²) in [6.07, 6.45) is 4.84. The Morgan fingerprint density at radius 3 is 2.47 bits per heavy atom. The number of hydrogen-bond acceptors (Lipinski definition) is 5. The highest BCUT2D eigenvalue weighted by Gasteiger charge is 2.43. The van der Waals surface area contributed by atoms with Gasteiger partial charge < -0.3 is 15.0 Å². The van der Waals surface area contributed by atoms with E-state index in [0.29, 0.717) is 17.1 Å². The molecular weight excluding hydrogens is 242 g/mol. The fourth-order valence-corrected chi connectivity index (χ4v) is 2.60. The highest BCUT2D eigenvalue weighted by molar-refractivity contribution is 5.06. The van der Waals surface area contributed by atoms with Crippen LogP contribution in [0.1, 0.15) is 70.6 Å². The Hall–Kier alpha value is -0.940. The van der Waals surface area contributed by atoms with Gasteiger partial charge in [0.25, 0.3) is 0 Å². The summed E-state index contributed by atoms with van der Waals surface area (Å²) in [5.74, 6) is 1.17. The first-order chi connectivity index (χ1) is 8.92. The zero-order valence-corrected chi connectivity index (χ0v) is 12.4. The van der Waals surface area contributed by atoms with Gasteiger partial charge in [-0.3, -0.25) is 0 Å². The molecule has 1 aliphatic rings. The molecular formula is C14H25N3O2. The molecule has 1 fully saturated rings. The predicted octanol–water partition coefficient (Wildman–Crippen LogP) is 2.92. The Morgan fingerprint density at radius 1 is 1.32 bits per heavy atom. The van der Waals surface area contributed by atoms with Crippen LogP contribution in [0.5, 0.6) is 0 Å². The maximum Gasteiger partial charge on any atom is 0.243 e. The van der Waals surface area contributed by atoms with Crippen LogP contribution < -0.4 is 5.73 Å². The minimum Gasteiger partial charge on any atom is -0.370 e. The number of ether oxygens (including phenoxy) is 1. The maximum atomic E-state index is 5.93. The molecule has 19 heavy (non-hydrogen) atoms. The molecule has 1 aromatic rings. The fourth-order valence-electron chi connectivity index (χ4n) is 2.60. The van der Waals surface area contributed by atoms with E-state index >= 15 is 0 Å². The summed E-state index contributed by atoms with van der Waals surface area (Å²) in [7, 11) is 1.73. The molecule has 0 aliphatic heterocycles. The molecule has 0 aromatic carbocycles. The van der Waals surface area contributed by atoms with Crippen molar-refractivity contribution in [1.29, 1.82) is 0 Å². The average Bonchev–Trinajstić information content (AvgIpc) is 2.89. The summed E-state index contributed by atoms with van der Waals surface area (Å²) < 4.78 is 11.0. The molecule has 0 spiro atoms. The van der Waals surface area contributed by atoms with Crippen molar-refractivity contribution in [3.63, 3.8) is 0 Å². The van der Waals surface area contributed by atoms with Crippen molar-refractivity contribution in [1.82, 2.24) is 10.1 Å². The number of aromatic nitrogens is 2. The third-order valence-electron chi connectivity index (χ3n) is 4.41. The van der Waals surface area contributed by atoms with E-state index < -0.39 is 5.60 Å². The lowest BCUT2D eigenvalue weighted by Crippen LogP contribution is -2.37. The summed E-state index contributed by atoms with van der Waals surface area (Å²) in [6.45, 7) is 6.59. The van der Waals surface area contributed by atoms with Crippen LogP contribution in [-0.4, -0.2) is 17.3 Å². The largest absolute Gasteiger partial charge is 0.370 e. The molecule has 0 amide bonds. The van der Waals surface area contributed by atoms with Gasteiger partial charge in [0.1, 0.15) is 5.60 Å². The molecule has 0 unspecified atom stereocenters. The fraction of sp³-hybridized carbons (Fsp3) is 0.857. The lowest BCUT2D eigenvalue weighted by molar-refractivity contribution is -0.0740. The smallest absolute Gasteiger partial charge is 0.243 e. The van der Waals surface area contributed by atoms with Gasteiger partial charge in [0.15, 0.2) is 0 Å². The highest BCUT2D eigenvalue weighted by Crippen LogP contribution is 2.46. The minimum absolute atomic E-state index is 0.185. The van der Waals surface area contributed by atoms with E-state index in [1.165, 1.54) is 0 Å². The number of rotatable bonds is 4. The second-order valence-electron chi connectivity index (χ2n) is 6.33. The summed E-state index contributed by atoms with van der Waals surface area (Å²) >= 11 is 0. The molecule has 1 saturated carbocycles. The van der Waals surface area contributed by atoms with Crippen LogP contribution >= 0.6 is 0 Å². The van der Waals surface area contributed by atoms with Crippen LogP contribution in [0.15, 0.2) is 4.52 Å². The quantitative estimate of drug-likeness (QED) is 0.907. The van der Waals surface area contributed by atoms with E-state index in [0.717, 1.165) is 32.1 Å². The molecule has 1 aromatic heterocycles. The lowest BCUT2D eigenvalue weighted by atomic mass is 9.70. The van der Waals surface area contributed by atoms with Gasteiger partial charge in [-0.15, -0.1) is 0 Å². The first-order valence-corrected chi connectivity index (χ1v) is 7.07. The second-order valence-corrected chi connectivity index (χ2v) is 6.33. The van der Waals surface area contributed by atoms with Crippen molar-refractivity contribution < 1.29 is 9.26 Å². The van der Waals surface area contributed by atoms with Gasteiger partial charge >= 0.3 is 0 Å². The van der Waals surface area contributed by atoms with Gasteiger partial charge in [0, 0.05) is 7.11 Å². The van der Waals surface area contributed by atoms with Crippen molar-refractivity contribution in [3.8, 4) is 0 Å². The van der Waals surface area contributed by atoms with E-state index in [1.54, 1.807) is 7.11 Å². The number of nitrogens with zero attached hydrogens (tertiary/aromatic N) is 2. The van der Waals surface area contributed by atoms with Crippen LogP contribution in [0, 0.1) is 5.41 Å². The molecule has 5 nitrogen and oxygen atoms in total.